The number of ether oxygens (including phenoxy) is 1. The molecule has 1 heterocycles. The van der Waals surface area contributed by atoms with E-state index in [1.165, 1.54) is 5.56 Å². The smallest absolute Gasteiger partial charge is 0.221 e. The Balaban J connectivity index is 2.38. The van der Waals surface area contributed by atoms with Crippen LogP contribution in [0.25, 0.3) is 0 Å². The second-order valence-corrected chi connectivity index (χ2v) is 6.69. The van der Waals surface area contributed by atoms with Gasteiger partial charge in [-0.15, -0.1) is 0 Å². The van der Waals surface area contributed by atoms with E-state index in [4.69, 9.17) is 21.3 Å². The molecule has 0 atom stereocenters. The maximum absolute atomic E-state index is 8.93. The first-order valence-corrected chi connectivity index (χ1v) is 8.43. The fourth-order valence-corrected chi connectivity index (χ4v) is 3.03. The van der Waals surface area contributed by atoms with Crippen molar-refractivity contribution >= 4 is 34.4 Å². The van der Waals surface area contributed by atoms with Gasteiger partial charge in [-0.1, -0.05) is 13.8 Å². The van der Waals surface area contributed by atoms with Crippen LogP contribution in [0.15, 0.2) is 18.3 Å². The summed E-state index contributed by atoms with van der Waals surface area (Å²) in [6.07, 6.45) is 2.31. The van der Waals surface area contributed by atoms with Gasteiger partial charge in [-0.3, -0.25) is 0 Å². The Morgan fingerprint density at radius 3 is 2.61 bits per heavy atom. The lowest BCUT2D eigenvalue weighted by Gasteiger charge is -2.17. The Morgan fingerprint density at radius 2 is 2.00 bits per heavy atom. The van der Waals surface area contributed by atoms with Crippen molar-refractivity contribution in [2.24, 2.45) is 0 Å². The van der Waals surface area contributed by atoms with Gasteiger partial charge in [-0.25, -0.2) is 4.98 Å². The first-order valence-electron chi connectivity index (χ1n) is 7.35. The molecular weight excluding hydrogens is 407 g/mol. The first-order chi connectivity index (χ1) is 10.9. The van der Waals surface area contributed by atoms with Crippen molar-refractivity contribution in [2.75, 3.05) is 24.7 Å². The topological polar surface area (TPSA) is 107 Å². The molecule has 0 aliphatic heterocycles. The molecule has 2 rings (SSSR count). The summed E-state index contributed by atoms with van der Waals surface area (Å²) in [5.41, 5.74) is 14.7. The van der Waals surface area contributed by atoms with Crippen LogP contribution in [0.2, 0.25) is 0 Å². The van der Waals surface area contributed by atoms with E-state index in [-0.39, 0.29) is 19.2 Å². The van der Waals surface area contributed by atoms with Gasteiger partial charge in [-0.05, 0) is 51.8 Å². The van der Waals surface area contributed by atoms with Crippen molar-refractivity contribution in [3.05, 3.63) is 38.6 Å². The largest absolute Gasteiger partial charge is 0.490 e. The van der Waals surface area contributed by atoms with Gasteiger partial charge in [0.1, 0.15) is 18.2 Å². The average Bonchev–Trinajstić information content (AvgIpc) is 2.49. The average molecular weight is 428 g/mol. The Morgan fingerprint density at radius 1 is 1.26 bits per heavy atom. The molecule has 0 radical (unpaired) electrons. The van der Waals surface area contributed by atoms with E-state index in [0.29, 0.717) is 18.2 Å². The van der Waals surface area contributed by atoms with Crippen molar-refractivity contribution in [2.45, 2.75) is 26.2 Å². The molecule has 0 saturated heterocycles. The zero-order valence-electron chi connectivity index (χ0n) is 13.2. The molecule has 1 aromatic carbocycles. The highest BCUT2D eigenvalue weighted by molar-refractivity contribution is 14.1. The predicted molar refractivity (Wildman–Crippen MR) is 99.5 cm³/mol. The quantitative estimate of drug-likeness (QED) is 0.610. The summed E-state index contributed by atoms with van der Waals surface area (Å²) >= 11 is 2.23. The van der Waals surface area contributed by atoms with Gasteiger partial charge in [0, 0.05) is 18.2 Å². The fourth-order valence-electron chi connectivity index (χ4n) is 2.34. The summed E-state index contributed by atoms with van der Waals surface area (Å²) in [7, 11) is 0. The third-order valence-electron chi connectivity index (χ3n) is 3.46. The van der Waals surface area contributed by atoms with Crippen LogP contribution in [-0.4, -0.2) is 28.3 Å². The number of nitrogen functional groups attached to an aromatic ring is 2. The van der Waals surface area contributed by atoms with E-state index >= 15 is 0 Å². The molecule has 2 aromatic rings. The highest BCUT2D eigenvalue weighted by Gasteiger charge is 2.14. The number of aliphatic hydroxyl groups is 1. The molecule has 0 spiro atoms. The number of hydrogen-bond donors (Lipinski definition) is 3. The number of aliphatic hydroxyl groups excluding tert-OH is 1. The number of hydrogen-bond acceptors (Lipinski definition) is 6. The summed E-state index contributed by atoms with van der Waals surface area (Å²) in [6.45, 7) is 4.54. The summed E-state index contributed by atoms with van der Waals surface area (Å²) in [4.78, 5) is 8.04. The van der Waals surface area contributed by atoms with Crippen LogP contribution in [0.3, 0.4) is 0 Å². The van der Waals surface area contributed by atoms with Gasteiger partial charge in [0.15, 0.2) is 0 Å². The first kappa shape index (κ1) is 17.7. The van der Waals surface area contributed by atoms with Crippen LogP contribution >= 0.6 is 22.6 Å². The molecule has 1 aromatic heterocycles. The molecule has 0 aliphatic rings. The monoisotopic (exact) mass is 428 g/mol. The molecular formula is C16H21IN4O2. The lowest BCUT2D eigenvalue weighted by molar-refractivity contribution is 0.200. The molecule has 0 fully saturated rings. The van der Waals surface area contributed by atoms with Gasteiger partial charge < -0.3 is 21.3 Å². The third kappa shape index (κ3) is 4.44. The predicted octanol–water partition coefficient (Wildman–Crippen LogP) is 2.33. The molecule has 5 N–H and O–H groups in total. The number of rotatable bonds is 6. The number of halogens is 1. The van der Waals surface area contributed by atoms with Gasteiger partial charge in [-0.2, -0.15) is 4.98 Å². The van der Waals surface area contributed by atoms with Gasteiger partial charge >= 0.3 is 0 Å². The van der Waals surface area contributed by atoms with E-state index in [1.807, 2.05) is 6.07 Å². The molecule has 7 heteroatoms. The van der Waals surface area contributed by atoms with Gasteiger partial charge in [0.05, 0.1) is 10.2 Å². The minimum absolute atomic E-state index is 0.00580. The van der Waals surface area contributed by atoms with E-state index in [9.17, 15) is 0 Å². The summed E-state index contributed by atoms with van der Waals surface area (Å²) in [5.74, 6) is 1.70. The Kier molecular flexibility index (Phi) is 6.00. The van der Waals surface area contributed by atoms with Crippen LogP contribution in [0.4, 0.5) is 11.8 Å². The fraction of sp³-hybridized carbons (Fsp3) is 0.375. The van der Waals surface area contributed by atoms with Crippen LogP contribution in [0.5, 0.6) is 5.75 Å². The minimum atomic E-state index is -0.00580. The maximum Gasteiger partial charge on any atom is 0.221 e. The molecule has 6 nitrogen and oxygen atoms in total. The standard InChI is InChI=1S/C16H21IN4O2/c1-9(2)12-7-14(23-4-3-22)13(17)6-10(12)5-11-8-20-16(19)21-15(11)18/h6-9,22H,3-5H2,1-2H3,(H4,18,19,20,21). The van der Waals surface area contributed by atoms with Gasteiger partial charge in [0.2, 0.25) is 5.95 Å². The SMILES string of the molecule is CC(C)c1cc(OCCO)c(I)cc1Cc1cnc(N)nc1N. The molecule has 0 amide bonds. The van der Waals surface area contributed by atoms with E-state index < -0.39 is 0 Å². The number of nitrogens with zero attached hydrogens (tertiary/aromatic N) is 2. The highest BCUT2D eigenvalue weighted by Crippen LogP contribution is 2.31. The van der Waals surface area contributed by atoms with Crippen molar-refractivity contribution < 1.29 is 9.84 Å². The lowest BCUT2D eigenvalue weighted by Crippen LogP contribution is -2.08. The summed E-state index contributed by atoms with van der Waals surface area (Å²) in [5, 5.41) is 8.93. The Bertz CT molecular complexity index is 692. The Labute approximate surface area is 149 Å². The zero-order chi connectivity index (χ0) is 17.0. The second kappa shape index (κ2) is 7.78. The molecule has 0 saturated carbocycles. The number of benzene rings is 1. The number of anilines is 2. The van der Waals surface area contributed by atoms with Crippen molar-refractivity contribution in [3.63, 3.8) is 0 Å². The van der Waals surface area contributed by atoms with Crippen LogP contribution < -0.4 is 16.2 Å². The maximum atomic E-state index is 8.93. The summed E-state index contributed by atoms with van der Waals surface area (Å²) in [6, 6.07) is 4.12. The van der Waals surface area contributed by atoms with Crippen molar-refractivity contribution in [3.8, 4) is 5.75 Å². The van der Waals surface area contributed by atoms with Crippen LogP contribution in [0.1, 0.15) is 36.5 Å². The zero-order valence-corrected chi connectivity index (χ0v) is 15.4. The van der Waals surface area contributed by atoms with E-state index in [1.54, 1.807) is 6.20 Å². The third-order valence-corrected chi connectivity index (χ3v) is 4.31. The van der Waals surface area contributed by atoms with Gasteiger partial charge in [0.25, 0.3) is 0 Å². The lowest BCUT2D eigenvalue weighted by atomic mass is 9.93. The number of nitrogens with two attached hydrogens (primary N) is 2. The highest BCUT2D eigenvalue weighted by atomic mass is 127. The summed E-state index contributed by atoms with van der Waals surface area (Å²) < 4.78 is 6.59. The normalized spacial score (nSPS) is 11.0. The van der Waals surface area contributed by atoms with Crippen molar-refractivity contribution in [1.29, 1.82) is 0 Å². The molecule has 0 bridgehead atoms. The molecule has 0 aliphatic carbocycles. The number of aromatic nitrogens is 2. The van der Waals surface area contributed by atoms with Crippen LogP contribution in [-0.2, 0) is 6.42 Å². The molecule has 23 heavy (non-hydrogen) atoms. The van der Waals surface area contributed by atoms with Crippen LogP contribution in [0, 0.1) is 3.57 Å². The van der Waals surface area contributed by atoms with E-state index in [2.05, 4.69) is 52.5 Å². The van der Waals surface area contributed by atoms with Crippen molar-refractivity contribution in [1.82, 2.24) is 9.97 Å². The Hall–Kier alpha value is -1.61. The second-order valence-electron chi connectivity index (χ2n) is 5.52. The van der Waals surface area contributed by atoms with E-state index in [0.717, 1.165) is 20.4 Å². The molecule has 0 unspecified atom stereocenters. The minimum Gasteiger partial charge on any atom is -0.490 e. The molecule has 124 valence electrons.